The molecule has 2 aliphatic rings. The van der Waals surface area contributed by atoms with E-state index in [9.17, 15) is 0 Å². The van der Waals surface area contributed by atoms with Gasteiger partial charge in [-0.1, -0.05) is 32.6 Å². The minimum atomic E-state index is 0.587. The fourth-order valence-corrected chi connectivity index (χ4v) is 4.08. The van der Waals surface area contributed by atoms with Gasteiger partial charge in [0.05, 0.1) is 0 Å². The van der Waals surface area contributed by atoms with E-state index in [1.54, 1.807) is 0 Å². The van der Waals surface area contributed by atoms with Gasteiger partial charge in [-0.25, -0.2) is 9.97 Å². The lowest BCUT2D eigenvalue weighted by Crippen LogP contribution is -2.18. The van der Waals surface area contributed by atoms with E-state index in [1.165, 1.54) is 62.6 Å². The van der Waals surface area contributed by atoms with Crippen molar-refractivity contribution in [2.24, 2.45) is 5.92 Å². The van der Waals surface area contributed by atoms with Crippen LogP contribution in [0.25, 0.3) is 0 Å². The van der Waals surface area contributed by atoms with Gasteiger partial charge < -0.3 is 5.32 Å². The Labute approximate surface area is 129 Å². The second-order valence-corrected chi connectivity index (χ2v) is 6.80. The minimum absolute atomic E-state index is 0.587. The highest BCUT2D eigenvalue weighted by atomic mass is 15.0. The van der Waals surface area contributed by atoms with E-state index in [0.29, 0.717) is 5.92 Å². The molecule has 3 nitrogen and oxygen atoms in total. The van der Waals surface area contributed by atoms with Crippen LogP contribution in [0.1, 0.15) is 81.3 Å². The summed E-state index contributed by atoms with van der Waals surface area (Å²) in [4.78, 5) is 9.94. The summed E-state index contributed by atoms with van der Waals surface area (Å²) in [7, 11) is 2.01. The maximum Gasteiger partial charge on any atom is 0.134 e. The summed E-state index contributed by atoms with van der Waals surface area (Å²) < 4.78 is 0. The molecule has 0 aliphatic heterocycles. The molecule has 2 atom stereocenters. The minimum Gasteiger partial charge on any atom is -0.373 e. The predicted molar refractivity (Wildman–Crippen MR) is 87.8 cm³/mol. The van der Waals surface area contributed by atoms with Crippen LogP contribution in [0.5, 0.6) is 0 Å². The van der Waals surface area contributed by atoms with Gasteiger partial charge in [-0.05, 0) is 44.4 Å². The molecule has 21 heavy (non-hydrogen) atoms. The summed E-state index contributed by atoms with van der Waals surface area (Å²) >= 11 is 0. The molecule has 0 amide bonds. The molecule has 1 N–H and O–H groups in total. The third-order valence-corrected chi connectivity index (χ3v) is 5.41. The van der Waals surface area contributed by atoms with Gasteiger partial charge in [-0.2, -0.15) is 0 Å². The molecule has 0 saturated heterocycles. The van der Waals surface area contributed by atoms with E-state index >= 15 is 0 Å². The summed E-state index contributed by atoms with van der Waals surface area (Å²) in [5.74, 6) is 3.70. The van der Waals surface area contributed by atoms with Gasteiger partial charge in [0.15, 0.2) is 0 Å². The molecule has 0 radical (unpaired) electrons. The van der Waals surface area contributed by atoms with Crippen LogP contribution >= 0.6 is 0 Å². The quantitative estimate of drug-likeness (QED) is 0.833. The van der Waals surface area contributed by atoms with Gasteiger partial charge in [0.1, 0.15) is 11.6 Å². The molecule has 116 valence electrons. The third-order valence-electron chi connectivity index (χ3n) is 5.41. The van der Waals surface area contributed by atoms with E-state index in [1.807, 2.05) is 7.05 Å². The SMILES string of the molecule is CCC1CCCC(c2nc3c(c(NC)n2)CCCCC3)C1. The molecule has 2 aliphatic carbocycles. The number of hydrogen-bond acceptors (Lipinski definition) is 3. The normalized spacial score (nSPS) is 26.0. The van der Waals surface area contributed by atoms with Crippen LogP contribution in [0.2, 0.25) is 0 Å². The standard InChI is InChI=1S/C18H29N3/c1-3-13-8-7-9-14(12-13)17-20-16-11-6-4-5-10-15(16)18(19-2)21-17/h13-14H,3-12H2,1-2H3,(H,19,20,21). The summed E-state index contributed by atoms with van der Waals surface area (Å²) in [6.07, 6.45) is 12.8. The second-order valence-electron chi connectivity index (χ2n) is 6.80. The van der Waals surface area contributed by atoms with Gasteiger partial charge in [0.25, 0.3) is 0 Å². The molecule has 0 aromatic carbocycles. The first-order valence-electron chi connectivity index (χ1n) is 8.89. The molecular formula is C18H29N3. The summed E-state index contributed by atoms with van der Waals surface area (Å²) in [5.41, 5.74) is 2.72. The van der Waals surface area contributed by atoms with Gasteiger partial charge in [0, 0.05) is 24.2 Å². The first kappa shape index (κ1) is 14.8. The van der Waals surface area contributed by atoms with Gasteiger partial charge in [-0.3, -0.25) is 0 Å². The summed E-state index contributed by atoms with van der Waals surface area (Å²) in [5, 5.41) is 3.34. The largest absolute Gasteiger partial charge is 0.373 e. The Morgan fingerprint density at radius 3 is 2.71 bits per heavy atom. The van der Waals surface area contributed by atoms with Crippen molar-refractivity contribution in [2.75, 3.05) is 12.4 Å². The van der Waals surface area contributed by atoms with Crippen molar-refractivity contribution in [1.82, 2.24) is 9.97 Å². The molecule has 3 heteroatoms. The highest BCUT2D eigenvalue weighted by Gasteiger charge is 2.26. The number of hydrogen-bond donors (Lipinski definition) is 1. The molecule has 0 spiro atoms. The third kappa shape index (κ3) is 3.22. The number of nitrogens with zero attached hydrogens (tertiary/aromatic N) is 2. The van der Waals surface area contributed by atoms with Crippen molar-refractivity contribution >= 4 is 5.82 Å². The number of nitrogens with one attached hydrogen (secondary N) is 1. The number of aryl methyl sites for hydroxylation is 1. The lowest BCUT2D eigenvalue weighted by molar-refractivity contribution is 0.307. The van der Waals surface area contributed by atoms with Crippen molar-refractivity contribution in [1.29, 1.82) is 0 Å². The molecule has 0 bridgehead atoms. The lowest BCUT2D eigenvalue weighted by atomic mass is 9.80. The average Bonchev–Trinajstić information content (AvgIpc) is 2.79. The van der Waals surface area contributed by atoms with Crippen LogP contribution in [-0.2, 0) is 12.8 Å². The van der Waals surface area contributed by atoms with Crippen molar-refractivity contribution in [3.8, 4) is 0 Å². The molecule has 1 aromatic rings. The van der Waals surface area contributed by atoms with Crippen molar-refractivity contribution in [2.45, 2.75) is 77.0 Å². The first-order chi connectivity index (χ1) is 10.3. The van der Waals surface area contributed by atoms with Gasteiger partial charge >= 0.3 is 0 Å². The molecule has 1 fully saturated rings. The van der Waals surface area contributed by atoms with Crippen LogP contribution < -0.4 is 5.32 Å². The zero-order chi connectivity index (χ0) is 14.7. The van der Waals surface area contributed by atoms with Crippen LogP contribution in [0.15, 0.2) is 0 Å². The summed E-state index contributed by atoms with van der Waals surface area (Å²) in [6.45, 7) is 2.32. The maximum atomic E-state index is 5.02. The van der Waals surface area contributed by atoms with E-state index in [0.717, 1.165) is 30.4 Å². The Morgan fingerprint density at radius 2 is 1.90 bits per heavy atom. The monoisotopic (exact) mass is 287 g/mol. The Kier molecular flexibility index (Phi) is 4.77. The highest BCUT2D eigenvalue weighted by Crippen LogP contribution is 2.37. The van der Waals surface area contributed by atoms with E-state index in [-0.39, 0.29) is 0 Å². The van der Waals surface area contributed by atoms with Crippen molar-refractivity contribution in [3.05, 3.63) is 17.1 Å². The first-order valence-corrected chi connectivity index (χ1v) is 8.89. The molecule has 2 unspecified atom stereocenters. The molecule has 1 heterocycles. The van der Waals surface area contributed by atoms with Gasteiger partial charge in [-0.15, -0.1) is 0 Å². The number of rotatable bonds is 3. The number of fused-ring (bicyclic) bond motifs is 1. The fourth-order valence-electron chi connectivity index (χ4n) is 4.08. The smallest absolute Gasteiger partial charge is 0.134 e. The zero-order valence-corrected chi connectivity index (χ0v) is 13.6. The van der Waals surface area contributed by atoms with E-state index < -0.39 is 0 Å². The van der Waals surface area contributed by atoms with Crippen LogP contribution in [0.4, 0.5) is 5.82 Å². The van der Waals surface area contributed by atoms with Crippen LogP contribution in [0.3, 0.4) is 0 Å². The second kappa shape index (κ2) is 6.76. The Morgan fingerprint density at radius 1 is 1.05 bits per heavy atom. The highest BCUT2D eigenvalue weighted by molar-refractivity contribution is 5.47. The van der Waals surface area contributed by atoms with Crippen molar-refractivity contribution in [3.63, 3.8) is 0 Å². The van der Waals surface area contributed by atoms with E-state index in [4.69, 9.17) is 9.97 Å². The average molecular weight is 287 g/mol. The molecule has 1 aromatic heterocycles. The Bertz CT molecular complexity index is 484. The topological polar surface area (TPSA) is 37.8 Å². The van der Waals surface area contributed by atoms with Crippen LogP contribution in [-0.4, -0.2) is 17.0 Å². The van der Waals surface area contributed by atoms with Crippen LogP contribution in [0, 0.1) is 5.92 Å². The number of aromatic nitrogens is 2. The zero-order valence-electron chi connectivity index (χ0n) is 13.6. The van der Waals surface area contributed by atoms with Crippen molar-refractivity contribution < 1.29 is 0 Å². The molecule has 3 rings (SSSR count). The molecule has 1 saturated carbocycles. The Hall–Kier alpha value is -1.12. The predicted octanol–water partition coefficient (Wildman–Crippen LogP) is 4.47. The molecular weight excluding hydrogens is 258 g/mol. The maximum absolute atomic E-state index is 5.02. The summed E-state index contributed by atoms with van der Waals surface area (Å²) in [6, 6.07) is 0. The fraction of sp³-hybridized carbons (Fsp3) is 0.778. The lowest BCUT2D eigenvalue weighted by Gasteiger charge is -2.28. The van der Waals surface area contributed by atoms with E-state index in [2.05, 4.69) is 12.2 Å². The number of anilines is 1. The van der Waals surface area contributed by atoms with Gasteiger partial charge in [0.2, 0.25) is 0 Å². The Balaban J connectivity index is 1.90.